The summed E-state index contributed by atoms with van der Waals surface area (Å²) in [5, 5.41) is 7.48. The summed E-state index contributed by atoms with van der Waals surface area (Å²) in [7, 11) is -4.12. The third kappa shape index (κ3) is 3.98. The van der Waals surface area contributed by atoms with Crippen LogP contribution < -0.4 is 4.72 Å². The highest BCUT2D eigenvalue weighted by Crippen LogP contribution is 2.19. The first-order valence-electron chi connectivity index (χ1n) is 7.62. The van der Waals surface area contributed by atoms with Crippen LogP contribution in [0, 0.1) is 5.82 Å². The second-order valence-electron chi connectivity index (χ2n) is 5.39. The lowest BCUT2D eigenvalue weighted by Gasteiger charge is -2.08. The normalized spacial score (nSPS) is 11.3. The molecule has 2 aromatic carbocycles. The highest BCUT2D eigenvalue weighted by Gasteiger charge is 2.19. The highest BCUT2D eigenvalue weighted by atomic mass is 32.2. The molecule has 3 rings (SSSR count). The van der Waals surface area contributed by atoms with Crippen molar-refractivity contribution in [2.45, 2.75) is 4.90 Å². The summed E-state index contributed by atoms with van der Waals surface area (Å²) >= 11 is 0. The SMILES string of the molecule is O=C(CNS(=O)(=O)c1ccccc1F)c1cccc(-c2ccnnc2)c1. The van der Waals surface area contributed by atoms with Crippen molar-refractivity contribution in [3.8, 4) is 11.1 Å². The lowest BCUT2D eigenvalue weighted by molar-refractivity contribution is 0.0997. The Kier molecular flexibility index (Phi) is 5.15. The Morgan fingerprint density at radius 1 is 1.00 bits per heavy atom. The van der Waals surface area contributed by atoms with E-state index in [2.05, 4.69) is 14.9 Å². The van der Waals surface area contributed by atoms with Crippen LogP contribution in [-0.4, -0.2) is 30.9 Å². The zero-order chi connectivity index (χ0) is 18.6. The van der Waals surface area contributed by atoms with E-state index < -0.39 is 33.1 Å². The number of carbonyl (C=O) groups excluding carboxylic acids is 1. The number of benzene rings is 2. The smallest absolute Gasteiger partial charge is 0.243 e. The minimum Gasteiger partial charge on any atom is -0.293 e. The molecule has 0 spiro atoms. The summed E-state index contributed by atoms with van der Waals surface area (Å²) in [6.07, 6.45) is 3.09. The lowest BCUT2D eigenvalue weighted by atomic mass is 10.0. The zero-order valence-electron chi connectivity index (χ0n) is 13.5. The number of nitrogens with zero attached hydrogens (tertiary/aromatic N) is 2. The molecule has 0 aliphatic rings. The molecular weight excluding hydrogens is 357 g/mol. The number of nitrogens with one attached hydrogen (secondary N) is 1. The van der Waals surface area contributed by atoms with Crippen molar-refractivity contribution < 1.29 is 17.6 Å². The Bertz CT molecular complexity index is 1040. The van der Waals surface area contributed by atoms with Crippen molar-refractivity contribution in [2.75, 3.05) is 6.54 Å². The van der Waals surface area contributed by atoms with Gasteiger partial charge in [0.2, 0.25) is 10.0 Å². The van der Waals surface area contributed by atoms with Crippen molar-refractivity contribution >= 4 is 15.8 Å². The topological polar surface area (TPSA) is 89.0 Å². The molecule has 0 fully saturated rings. The molecule has 0 saturated carbocycles. The summed E-state index contributed by atoms with van der Waals surface area (Å²) in [6, 6.07) is 13.4. The van der Waals surface area contributed by atoms with E-state index in [1.54, 1.807) is 36.5 Å². The van der Waals surface area contributed by atoms with Crippen LogP contribution in [0.5, 0.6) is 0 Å². The Labute approximate surface area is 149 Å². The van der Waals surface area contributed by atoms with Gasteiger partial charge in [0.1, 0.15) is 10.7 Å². The van der Waals surface area contributed by atoms with Crippen molar-refractivity contribution in [1.29, 1.82) is 0 Å². The summed E-state index contributed by atoms with van der Waals surface area (Å²) in [6.45, 7) is -0.477. The fraction of sp³-hybridized carbons (Fsp3) is 0.0556. The number of hydrogen-bond donors (Lipinski definition) is 1. The number of Topliss-reactive ketones (excluding diaryl/α,β-unsaturated/α-hetero) is 1. The summed E-state index contributed by atoms with van der Waals surface area (Å²) in [5.74, 6) is -1.31. The van der Waals surface area contributed by atoms with Gasteiger partial charge in [-0.2, -0.15) is 10.2 Å². The number of aromatic nitrogens is 2. The molecule has 3 aromatic rings. The van der Waals surface area contributed by atoms with Crippen LogP contribution in [0.15, 0.2) is 71.9 Å². The first-order valence-corrected chi connectivity index (χ1v) is 9.10. The molecule has 0 saturated heterocycles. The van der Waals surface area contributed by atoms with Crippen molar-refractivity contribution in [3.63, 3.8) is 0 Å². The van der Waals surface area contributed by atoms with Crippen molar-refractivity contribution in [2.24, 2.45) is 0 Å². The molecular formula is C18H14FN3O3S. The van der Waals surface area contributed by atoms with Crippen LogP contribution in [0.1, 0.15) is 10.4 Å². The number of rotatable bonds is 6. The molecule has 0 radical (unpaired) electrons. The summed E-state index contributed by atoms with van der Waals surface area (Å²) < 4.78 is 40.1. The zero-order valence-corrected chi connectivity index (χ0v) is 14.3. The molecule has 1 aromatic heterocycles. The van der Waals surface area contributed by atoms with Crippen LogP contribution in [0.4, 0.5) is 4.39 Å². The first kappa shape index (κ1) is 17.8. The summed E-state index contributed by atoms with van der Waals surface area (Å²) in [4.78, 5) is 11.8. The Balaban J connectivity index is 1.76. The minimum absolute atomic E-state index is 0.329. The predicted molar refractivity (Wildman–Crippen MR) is 93.4 cm³/mol. The molecule has 6 nitrogen and oxygen atoms in total. The molecule has 0 amide bonds. The maximum Gasteiger partial charge on any atom is 0.243 e. The number of halogens is 1. The molecule has 0 aliphatic heterocycles. The van der Waals surface area contributed by atoms with Gasteiger partial charge in [-0.25, -0.2) is 17.5 Å². The van der Waals surface area contributed by atoms with E-state index in [1.165, 1.54) is 18.3 Å². The largest absolute Gasteiger partial charge is 0.293 e. The number of sulfonamides is 1. The molecule has 132 valence electrons. The molecule has 0 aliphatic carbocycles. The van der Waals surface area contributed by atoms with Gasteiger partial charge in [-0.1, -0.05) is 30.3 Å². The van der Waals surface area contributed by atoms with E-state index >= 15 is 0 Å². The molecule has 8 heteroatoms. The van der Waals surface area contributed by atoms with E-state index in [4.69, 9.17) is 0 Å². The van der Waals surface area contributed by atoms with Crippen LogP contribution in [0.3, 0.4) is 0 Å². The molecule has 26 heavy (non-hydrogen) atoms. The van der Waals surface area contributed by atoms with Crippen LogP contribution in [-0.2, 0) is 10.0 Å². The number of hydrogen-bond acceptors (Lipinski definition) is 5. The first-order chi connectivity index (χ1) is 12.5. The second-order valence-corrected chi connectivity index (χ2v) is 7.13. The van der Waals surface area contributed by atoms with Gasteiger partial charge >= 0.3 is 0 Å². The van der Waals surface area contributed by atoms with Crippen LogP contribution >= 0.6 is 0 Å². The third-order valence-electron chi connectivity index (χ3n) is 3.65. The standard InChI is InChI=1S/C18H14FN3O3S/c19-16-6-1-2-7-18(16)26(24,25)22-12-17(23)14-5-3-4-13(10-14)15-8-9-20-21-11-15/h1-11,22H,12H2. The molecule has 1 N–H and O–H groups in total. The quantitative estimate of drug-likeness (QED) is 0.673. The van der Waals surface area contributed by atoms with Gasteiger partial charge in [-0.15, -0.1) is 0 Å². The van der Waals surface area contributed by atoms with E-state index in [-0.39, 0.29) is 0 Å². The molecule has 0 atom stereocenters. The average molecular weight is 371 g/mol. The lowest BCUT2D eigenvalue weighted by Crippen LogP contribution is -2.30. The van der Waals surface area contributed by atoms with Crippen LogP contribution in [0.2, 0.25) is 0 Å². The van der Waals surface area contributed by atoms with Gasteiger partial charge in [0.25, 0.3) is 0 Å². The number of ketones is 1. The van der Waals surface area contributed by atoms with Gasteiger partial charge in [0.15, 0.2) is 5.78 Å². The van der Waals surface area contributed by atoms with Crippen molar-refractivity contribution in [3.05, 3.63) is 78.4 Å². The maximum absolute atomic E-state index is 13.7. The van der Waals surface area contributed by atoms with Gasteiger partial charge in [0.05, 0.1) is 18.9 Å². The monoisotopic (exact) mass is 371 g/mol. The predicted octanol–water partition coefficient (Wildman–Crippen LogP) is 2.44. The Hall–Kier alpha value is -2.97. The fourth-order valence-corrected chi connectivity index (χ4v) is 3.40. The number of carbonyl (C=O) groups is 1. The van der Waals surface area contributed by atoms with Crippen molar-refractivity contribution in [1.82, 2.24) is 14.9 Å². The van der Waals surface area contributed by atoms with Gasteiger partial charge in [-0.05, 0) is 29.8 Å². The minimum atomic E-state index is -4.12. The van der Waals surface area contributed by atoms with E-state index in [9.17, 15) is 17.6 Å². The summed E-state index contributed by atoms with van der Waals surface area (Å²) in [5.41, 5.74) is 1.86. The van der Waals surface area contributed by atoms with Gasteiger partial charge in [-0.3, -0.25) is 4.79 Å². The van der Waals surface area contributed by atoms with E-state index in [0.29, 0.717) is 5.56 Å². The Morgan fingerprint density at radius 3 is 2.54 bits per heavy atom. The van der Waals surface area contributed by atoms with E-state index in [1.807, 2.05) is 0 Å². The Morgan fingerprint density at radius 2 is 1.81 bits per heavy atom. The van der Waals surface area contributed by atoms with E-state index in [0.717, 1.165) is 23.3 Å². The fourth-order valence-electron chi connectivity index (χ4n) is 2.34. The van der Waals surface area contributed by atoms with Gasteiger partial charge in [0, 0.05) is 11.1 Å². The molecule has 1 heterocycles. The molecule has 0 unspecified atom stereocenters. The van der Waals surface area contributed by atoms with Crippen LogP contribution in [0.25, 0.3) is 11.1 Å². The average Bonchev–Trinajstić information content (AvgIpc) is 2.67. The second kappa shape index (κ2) is 7.51. The third-order valence-corrected chi connectivity index (χ3v) is 5.09. The molecule has 0 bridgehead atoms. The maximum atomic E-state index is 13.7. The van der Waals surface area contributed by atoms with Gasteiger partial charge < -0.3 is 0 Å². The highest BCUT2D eigenvalue weighted by molar-refractivity contribution is 7.89.